The second-order valence-electron chi connectivity index (χ2n) is 8.29. The molecular weight excluding hydrogens is 456 g/mol. The van der Waals surface area contributed by atoms with E-state index in [1.807, 2.05) is 24.3 Å². The molecule has 4 rings (SSSR count). The molecule has 0 unspecified atom stereocenters. The highest BCUT2D eigenvalue weighted by Gasteiger charge is 2.21. The van der Waals surface area contributed by atoms with Gasteiger partial charge in [-0.1, -0.05) is 19.1 Å². The highest BCUT2D eigenvalue weighted by atomic mass is 32.2. The van der Waals surface area contributed by atoms with Gasteiger partial charge in [0.15, 0.2) is 11.5 Å². The minimum absolute atomic E-state index is 0.0139. The lowest BCUT2D eigenvalue weighted by Gasteiger charge is -2.36. The molecule has 1 amide bonds. The number of hydrogen-bond acceptors (Lipinski definition) is 7. The number of nitrogens with one attached hydrogen (secondary N) is 2. The number of hydrogen-bond donors (Lipinski definition) is 2. The number of benzene rings is 2. The van der Waals surface area contributed by atoms with E-state index in [4.69, 9.17) is 9.47 Å². The summed E-state index contributed by atoms with van der Waals surface area (Å²) in [6, 6.07) is 12.3. The van der Waals surface area contributed by atoms with E-state index >= 15 is 0 Å². The van der Waals surface area contributed by atoms with Crippen molar-refractivity contribution >= 4 is 27.3 Å². The molecule has 34 heavy (non-hydrogen) atoms. The Morgan fingerprint density at radius 2 is 1.74 bits per heavy atom. The number of likely N-dealkylation sites (N-methyl/N-ethyl adjacent to an activating group) is 1. The summed E-state index contributed by atoms with van der Waals surface area (Å²) in [6.07, 6.45) is 0.754. The van der Waals surface area contributed by atoms with Crippen LogP contribution in [0.1, 0.15) is 19.8 Å². The van der Waals surface area contributed by atoms with Crippen LogP contribution in [0.25, 0.3) is 0 Å². The number of carbonyl (C=O) groups excluding carboxylic acids is 1. The first kappa shape index (κ1) is 24.3. The molecular formula is C24H32N4O5S. The standard InChI is InChI=1S/C24H32N4O5S/c1-2-27-12-14-28(15-13-27)21-7-4-3-6-20(21)26-24(29)10-11-25-34(30,31)19-8-9-22-23(18-19)33-17-5-16-32-22/h3-4,6-9,18,25H,2,5,10-17H2,1H3,(H,26,29). The molecule has 2 aliphatic heterocycles. The van der Waals surface area contributed by atoms with Crippen molar-refractivity contribution in [3.05, 3.63) is 42.5 Å². The lowest BCUT2D eigenvalue weighted by molar-refractivity contribution is -0.116. The van der Waals surface area contributed by atoms with Crippen LogP contribution in [-0.4, -0.2) is 71.7 Å². The summed E-state index contributed by atoms with van der Waals surface area (Å²) in [5.74, 6) is 0.695. The summed E-state index contributed by atoms with van der Waals surface area (Å²) in [4.78, 5) is 17.3. The van der Waals surface area contributed by atoms with Gasteiger partial charge in [0.25, 0.3) is 0 Å². The summed E-state index contributed by atoms with van der Waals surface area (Å²) in [5, 5.41) is 2.94. The highest BCUT2D eigenvalue weighted by molar-refractivity contribution is 7.89. The maximum Gasteiger partial charge on any atom is 0.240 e. The molecule has 0 saturated carbocycles. The summed E-state index contributed by atoms with van der Waals surface area (Å²) in [6.45, 7) is 7.96. The molecule has 2 aromatic carbocycles. The fourth-order valence-corrected chi connectivity index (χ4v) is 5.11. The van der Waals surface area contributed by atoms with Gasteiger partial charge in [-0.2, -0.15) is 0 Å². The number of rotatable bonds is 8. The maximum absolute atomic E-state index is 12.7. The predicted octanol–water partition coefficient (Wildman–Crippen LogP) is 2.30. The number of para-hydroxylation sites is 2. The number of carbonyl (C=O) groups is 1. The monoisotopic (exact) mass is 488 g/mol. The zero-order valence-electron chi connectivity index (χ0n) is 19.5. The SMILES string of the molecule is CCN1CCN(c2ccccc2NC(=O)CCNS(=O)(=O)c2ccc3c(c2)OCCCO3)CC1. The Morgan fingerprint density at radius 3 is 2.50 bits per heavy atom. The normalized spacial score (nSPS) is 16.7. The Morgan fingerprint density at radius 1 is 1.00 bits per heavy atom. The van der Waals surface area contributed by atoms with Crippen molar-refractivity contribution in [1.82, 2.24) is 9.62 Å². The summed E-state index contributed by atoms with van der Waals surface area (Å²) in [5.41, 5.74) is 1.72. The van der Waals surface area contributed by atoms with E-state index in [2.05, 4.69) is 26.8 Å². The average Bonchev–Trinajstić information content (AvgIpc) is 3.09. The van der Waals surface area contributed by atoms with Crippen LogP contribution in [0, 0.1) is 0 Å². The van der Waals surface area contributed by atoms with Crippen LogP contribution in [0.2, 0.25) is 0 Å². The zero-order chi connectivity index (χ0) is 24.0. The first-order valence-electron chi connectivity index (χ1n) is 11.7. The fraction of sp³-hybridized carbons (Fsp3) is 0.458. The van der Waals surface area contributed by atoms with Crippen LogP contribution in [0.4, 0.5) is 11.4 Å². The van der Waals surface area contributed by atoms with Gasteiger partial charge in [-0.3, -0.25) is 4.79 Å². The molecule has 2 aliphatic rings. The Hall–Kier alpha value is -2.82. The highest BCUT2D eigenvalue weighted by Crippen LogP contribution is 2.32. The summed E-state index contributed by atoms with van der Waals surface area (Å²) < 4.78 is 39.0. The van der Waals surface area contributed by atoms with Gasteiger partial charge in [-0.25, -0.2) is 13.1 Å². The Labute approximate surface area is 201 Å². The van der Waals surface area contributed by atoms with Crippen molar-refractivity contribution in [1.29, 1.82) is 0 Å². The molecule has 10 heteroatoms. The molecule has 184 valence electrons. The maximum atomic E-state index is 12.7. The molecule has 0 aliphatic carbocycles. The van der Waals surface area contributed by atoms with E-state index in [1.165, 1.54) is 12.1 Å². The van der Waals surface area contributed by atoms with E-state index in [0.29, 0.717) is 24.7 Å². The van der Waals surface area contributed by atoms with Gasteiger partial charge in [-0.05, 0) is 30.8 Å². The van der Waals surface area contributed by atoms with Gasteiger partial charge < -0.3 is 24.6 Å². The van der Waals surface area contributed by atoms with Crippen molar-refractivity contribution in [2.45, 2.75) is 24.7 Å². The number of fused-ring (bicyclic) bond motifs is 1. The molecule has 1 saturated heterocycles. The van der Waals surface area contributed by atoms with Gasteiger partial charge in [0, 0.05) is 51.6 Å². The van der Waals surface area contributed by atoms with Crippen LogP contribution in [0.3, 0.4) is 0 Å². The van der Waals surface area contributed by atoms with Crippen molar-refractivity contribution in [3.63, 3.8) is 0 Å². The van der Waals surface area contributed by atoms with Crippen LogP contribution < -0.4 is 24.4 Å². The molecule has 0 atom stereocenters. The second-order valence-corrected chi connectivity index (χ2v) is 10.1. The third kappa shape index (κ3) is 5.99. The van der Waals surface area contributed by atoms with Crippen LogP contribution >= 0.6 is 0 Å². The lowest BCUT2D eigenvalue weighted by atomic mass is 10.2. The number of amides is 1. The summed E-state index contributed by atoms with van der Waals surface area (Å²) >= 11 is 0. The van der Waals surface area contributed by atoms with E-state index in [1.54, 1.807) is 6.07 Å². The number of sulfonamides is 1. The van der Waals surface area contributed by atoms with Crippen LogP contribution in [-0.2, 0) is 14.8 Å². The fourth-order valence-electron chi connectivity index (χ4n) is 4.07. The van der Waals surface area contributed by atoms with E-state index in [0.717, 1.165) is 50.5 Å². The van der Waals surface area contributed by atoms with Gasteiger partial charge in [0.2, 0.25) is 15.9 Å². The van der Waals surface area contributed by atoms with E-state index in [9.17, 15) is 13.2 Å². The minimum atomic E-state index is -3.79. The molecule has 0 aromatic heterocycles. The lowest BCUT2D eigenvalue weighted by Crippen LogP contribution is -2.46. The number of ether oxygens (including phenoxy) is 2. The van der Waals surface area contributed by atoms with Crippen molar-refractivity contribution in [3.8, 4) is 11.5 Å². The molecule has 1 fully saturated rings. The molecule has 2 N–H and O–H groups in total. The largest absolute Gasteiger partial charge is 0.490 e. The molecule has 2 heterocycles. The third-order valence-electron chi connectivity index (χ3n) is 6.01. The Kier molecular flexibility index (Phi) is 7.91. The molecule has 9 nitrogen and oxygen atoms in total. The Balaban J connectivity index is 1.32. The van der Waals surface area contributed by atoms with Gasteiger partial charge in [0.1, 0.15) is 0 Å². The van der Waals surface area contributed by atoms with E-state index in [-0.39, 0.29) is 23.8 Å². The summed E-state index contributed by atoms with van der Waals surface area (Å²) in [7, 11) is -3.79. The van der Waals surface area contributed by atoms with Crippen molar-refractivity contribution in [2.24, 2.45) is 0 Å². The number of piperazine rings is 1. The van der Waals surface area contributed by atoms with Gasteiger partial charge in [-0.15, -0.1) is 0 Å². The quantitative estimate of drug-likeness (QED) is 0.588. The smallest absolute Gasteiger partial charge is 0.240 e. The topological polar surface area (TPSA) is 100 Å². The molecule has 2 aromatic rings. The minimum Gasteiger partial charge on any atom is -0.490 e. The first-order valence-corrected chi connectivity index (χ1v) is 13.2. The van der Waals surface area contributed by atoms with Gasteiger partial charge >= 0.3 is 0 Å². The average molecular weight is 489 g/mol. The van der Waals surface area contributed by atoms with Gasteiger partial charge in [0.05, 0.1) is 29.5 Å². The predicted molar refractivity (Wildman–Crippen MR) is 131 cm³/mol. The first-order chi connectivity index (χ1) is 16.5. The van der Waals surface area contributed by atoms with E-state index < -0.39 is 10.0 Å². The number of anilines is 2. The molecule has 0 radical (unpaired) electrons. The Bertz CT molecular complexity index is 1100. The van der Waals surface area contributed by atoms with Crippen molar-refractivity contribution < 1.29 is 22.7 Å². The van der Waals surface area contributed by atoms with Crippen LogP contribution in [0.5, 0.6) is 11.5 Å². The van der Waals surface area contributed by atoms with Crippen LogP contribution in [0.15, 0.2) is 47.4 Å². The molecule has 0 spiro atoms. The number of nitrogens with zero attached hydrogens (tertiary/aromatic N) is 2. The van der Waals surface area contributed by atoms with Crippen molar-refractivity contribution in [2.75, 3.05) is 62.7 Å². The molecule has 0 bridgehead atoms. The third-order valence-corrected chi connectivity index (χ3v) is 7.47. The zero-order valence-corrected chi connectivity index (χ0v) is 20.3. The second kappa shape index (κ2) is 11.1.